The molecule has 0 radical (unpaired) electrons. The normalized spacial score (nSPS) is 11.0. The number of esters is 6. The molecule has 0 aromatic rings. The van der Waals surface area contributed by atoms with Crippen LogP contribution in [0.3, 0.4) is 0 Å². The Morgan fingerprint density at radius 3 is 1.04 bits per heavy atom. The number of hydrogen-bond acceptors (Lipinski definition) is 17. The smallest absolute Gasteiger partial charge is 0.309 e. The molecule has 0 aliphatic rings. The van der Waals surface area contributed by atoms with E-state index in [1.54, 1.807) is 4.90 Å². The third kappa shape index (κ3) is 49.2. The molecule has 0 aliphatic heterocycles. The number of rotatable bonds is 49. The highest BCUT2D eigenvalue weighted by atomic mass is 16.6. The summed E-state index contributed by atoms with van der Waals surface area (Å²) in [5.74, 6) is -2.37. The van der Waals surface area contributed by atoms with Gasteiger partial charge in [-0.05, 0) is 84.0 Å². The highest BCUT2D eigenvalue weighted by Crippen LogP contribution is 2.24. The number of carbonyl (C=O) groups is 7. The van der Waals surface area contributed by atoms with Crippen LogP contribution in [0.4, 0.5) is 0 Å². The van der Waals surface area contributed by atoms with Crippen molar-refractivity contribution >= 4 is 42.3 Å². The van der Waals surface area contributed by atoms with E-state index in [1.165, 1.54) is 39.0 Å². The Hall–Kier alpha value is -3.83. The third-order valence-electron chi connectivity index (χ3n) is 11.2. The van der Waals surface area contributed by atoms with Gasteiger partial charge in [-0.15, -0.1) is 0 Å². The van der Waals surface area contributed by atoms with Crippen LogP contribution in [0.25, 0.3) is 0 Å². The summed E-state index contributed by atoms with van der Waals surface area (Å²) < 4.78 is 36.6. The molecule has 0 fully saturated rings. The van der Waals surface area contributed by atoms with E-state index in [0.717, 1.165) is 83.5 Å². The first-order valence-electron chi connectivity index (χ1n) is 26.9. The lowest BCUT2D eigenvalue weighted by Crippen LogP contribution is -2.39. The minimum atomic E-state index is -1.51. The van der Waals surface area contributed by atoms with Crippen molar-refractivity contribution in [1.29, 1.82) is 0 Å². The quantitative estimate of drug-likeness (QED) is 0.0250. The van der Waals surface area contributed by atoms with E-state index in [1.807, 2.05) is 0 Å². The van der Waals surface area contributed by atoms with E-state index in [2.05, 4.69) is 25.5 Å². The Labute approximate surface area is 421 Å². The first kappa shape index (κ1) is 68.2. The lowest BCUT2D eigenvalue weighted by Gasteiger charge is -2.28. The van der Waals surface area contributed by atoms with Gasteiger partial charge in [-0.1, -0.05) is 97.8 Å². The number of unbranched alkanes of at least 4 members (excludes halogenated alkanes) is 18. The SMILES string of the molecule is CCCCCCCC(=O)OCCCCCOC(=O)CC(C)(CC(=O)OCCCCCOC(=O)CCCCCCC)OC(=O)CCN(CCO)CCO.CCCCCCCC(=O)OCCCCCOC=O. The maximum atomic E-state index is 12.8. The predicted octanol–water partition coefficient (Wildman–Crippen LogP) is 9.21. The van der Waals surface area contributed by atoms with Gasteiger partial charge >= 0.3 is 35.8 Å². The number of aliphatic hydroxyl groups is 2. The standard InChI is InChI=1S/C39H71NO12.C14H26O4/c1-4-6-8-10-14-20-34(43)48-28-16-12-18-30-50-37(46)32-39(3,52-36(45)22-23-40(24-26-41)25-27-42)33-38(47)51-31-19-13-17-29-49-35(44)21-15-11-9-7-5-2;1-2-3-4-5-7-10-14(16)18-12-9-6-8-11-17-13-15/h41-42H,4-33H2,1-3H3;13H,2-12H2,1H3. The van der Waals surface area contributed by atoms with Gasteiger partial charge in [0.25, 0.3) is 6.47 Å². The van der Waals surface area contributed by atoms with Gasteiger partial charge in [0.15, 0.2) is 0 Å². The second kappa shape index (κ2) is 51.5. The molecule has 0 amide bonds. The molecular weight excluding hydrogens is 907 g/mol. The third-order valence-corrected chi connectivity index (χ3v) is 11.2. The topological polar surface area (TPSA) is 228 Å². The Kier molecular flexibility index (Phi) is 50.2. The first-order chi connectivity index (χ1) is 33.9. The zero-order valence-corrected chi connectivity index (χ0v) is 44.1. The van der Waals surface area contributed by atoms with Gasteiger partial charge < -0.3 is 43.4 Å². The van der Waals surface area contributed by atoms with Crippen molar-refractivity contribution in [3.05, 3.63) is 0 Å². The maximum absolute atomic E-state index is 12.8. The Balaban J connectivity index is 0. The lowest BCUT2D eigenvalue weighted by molar-refractivity contribution is -0.170. The molecule has 0 spiro atoms. The second-order valence-corrected chi connectivity index (χ2v) is 18.1. The van der Waals surface area contributed by atoms with Crippen molar-refractivity contribution in [1.82, 2.24) is 4.90 Å². The van der Waals surface area contributed by atoms with Crippen LogP contribution in [0.1, 0.15) is 220 Å². The molecule has 0 aromatic carbocycles. The van der Waals surface area contributed by atoms with E-state index in [-0.39, 0.29) is 83.2 Å². The average Bonchev–Trinajstić information content (AvgIpc) is 3.32. The summed E-state index contributed by atoms with van der Waals surface area (Å²) in [6.07, 6.45) is 23.4. The minimum absolute atomic E-state index is 0.0768. The van der Waals surface area contributed by atoms with Crippen LogP contribution >= 0.6 is 0 Å². The molecule has 0 rings (SSSR count). The summed E-state index contributed by atoms with van der Waals surface area (Å²) in [7, 11) is 0. The van der Waals surface area contributed by atoms with Crippen LogP contribution in [-0.2, 0) is 66.7 Å². The van der Waals surface area contributed by atoms with Gasteiger partial charge in [0.05, 0.1) is 72.1 Å². The molecule has 0 atom stereocenters. The predicted molar refractivity (Wildman–Crippen MR) is 267 cm³/mol. The molecule has 17 heteroatoms. The van der Waals surface area contributed by atoms with Crippen molar-refractivity contribution in [3.8, 4) is 0 Å². The molecule has 0 heterocycles. The Bertz CT molecular complexity index is 1240. The largest absolute Gasteiger partial charge is 0.468 e. The van der Waals surface area contributed by atoms with Crippen LogP contribution in [-0.4, -0.2) is 135 Å². The molecule has 0 bridgehead atoms. The van der Waals surface area contributed by atoms with E-state index in [0.29, 0.717) is 90.7 Å². The molecule has 0 saturated carbocycles. The molecule has 0 aliphatic carbocycles. The van der Waals surface area contributed by atoms with E-state index >= 15 is 0 Å². The highest BCUT2D eigenvalue weighted by molar-refractivity contribution is 5.77. The monoisotopic (exact) mass is 1000 g/mol. The van der Waals surface area contributed by atoms with Crippen LogP contribution in [0, 0.1) is 0 Å². The molecule has 2 N–H and O–H groups in total. The van der Waals surface area contributed by atoms with Gasteiger partial charge in [0.1, 0.15) is 5.60 Å². The summed E-state index contributed by atoms with van der Waals surface area (Å²) >= 11 is 0. The number of aliphatic hydroxyl groups excluding tert-OH is 2. The molecule has 0 saturated heterocycles. The molecule has 410 valence electrons. The van der Waals surface area contributed by atoms with Gasteiger partial charge in [-0.3, -0.25) is 38.5 Å². The van der Waals surface area contributed by atoms with Crippen molar-refractivity contribution in [3.63, 3.8) is 0 Å². The number of hydrogen-bond donors (Lipinski definition) is 2. The summed E-state index contributed by atoms with van der Waals surface area (Å²) in [6, 6.07) is 0. The minimum Gasteiger partial charge on any atom is -0.468 e. The number of nitrogens with zero attached hydrogens (tertiary/aromatic N) is 1. The second-order valence-electron chi connectivity index (χ2n) is 18.1. The van der Waals surface area contributed by atoms with Crippen LogP contribution in [0.5, 0.6) is 0 Å². The van der Waals surface area contributed by atoms with E-state index in [4.69, 9.17) is 28.4 Å². The number of carbonyl (C=O) groups excluding carboxylic acids is 7. The van der Waals surface area contributed by atoms with Crippen LogP contribution in [0.2, 0.25) is 0 Å². The fourth-order valence-electron chi connectivity index (χ4n) is 7.08. The zero-order chi connectivity index (χ0) is 52.2. The average molecular weight is 1000 g/mol. The molecular formula is C53H97NO16. The van der Waals surface area contributed by atoms with Crippen molar-refractivity contribution in [2.75, 3.05) is 72.5 Å². The molecule has 70 heavy (non-hydrogen) atoms. The van der Waals surface area contributed by atoms with Gasteiger partial charge in [-0.25, -0.2) is 0 Å². The van der Waals surface area contributed by atoms with E-state index < -0.39 is 23.5 Å². The summed E-state index contributed by atoms with van der Waals surface area (Å²) in [6.45, 7) is 10.7. The summed E-state index contributed by atoms with van der Waals surface area (Å²) in [5, 5.41) is 18.5. The zero-order valence-electron chi connectivity index (χ0n) is 44.1. The van der Waals surface area contributed by atoms with Crippen molar-refractivity contribution in [2.45, 2.75) is 226 Å². The highest BCUT2D eigenvalue weighted by Gasteiger charge is 2.36. The van der Waals surface area contributed by atoms with Crippen molar-refractivity contribution in [2.24, 2.45) is 0 Å². The fourth-order valence-corrected chi connectivity index (χ4v) is 7.08. The summed E-state index contributed by atoms with van der Waals surface area (Å²) in [5.41, 5.74) is -1.51. The molecule has 17 nitrogen and oxygen atoms in total. The Morgan fingerprint density at radius 1 is 0.400 bits per heavy atom. The fraction of sp³-hybridized carbons (Fsp3) is 0.868. The molecule has 0 unspecified atom stereocenters. The van der Waals surface area contributed by atoms with Gasteiger partial charge in [0, 0.05) is 38.9 Å². The van der Waals surface area contributed by atoms with Crippen molar-refractivity contribution < 1.29 is 76.9 Å². The first-order valence-corrected chi connectivity index (χ1v) is 26.9. The Morgan fingerprint density at radius 2 is 0.714 bits per heavy atom. The summed E-state index contributed by atoms with van der Waals surface area (Å²) in [4.78, 5) is 84.9. The van der Waals surface area contributed by atoms with Crippen LogP contribution < -0.4 is 0 Å². The van der Waals surface area contributed by atoms with E-state index in [9.17, 15) is 43.8 Å². The van der Waals surface area contributed by atoms with Gasteiger partial charge in [0.2, 0.25) is 0 Å². The maximum Gasteiger partial charge on any atom is 0.309 e. The number of ether oxygens (including phenoxy) is 7. The van der Waals surface area contributed by atoms with Gasteiger partial charge in [-0.2, -0.15) is 0 Å². The molecule has 0 aromatic heterocycles. The van der Waals surface area contributed by atoms with Crippen LogP contribution in [0.15, 0.2) is 0 Å². The lowest BCUT2D eigenvalue weighted by atomic mass is 9.97.